The highest BCUT2D eigenvalue weighted by atomic mass is 19.2. The summed E-state index contributed by atoms with van der Waals surface area (Å²) in [6.45, 7) is 2.38. The van der Waals surface area contributed by atoms with Crippen molar-refractivity contribution in [1.29, 1.82) is 0 Å². The molecule has 118 valence electrons. The van der Waals surface area contributed by atoms with E-state index in [0.717, 1.165) is 31.6 Å². The van der Waals surface area contributed by atoms with E-state index < -0.39 is 11.6 Å². The maximum absolute atomic E-state index is 13.3. The Morgan fingerprint density at radius 1 is 1.27 bits per heavy atom. The quantitative estimate of drug-likeness (QED) is 0.831. The van der Waals surface area contributed by atoms with Gasteiger partial charge in [0.05, 0.1) is 24.8 Å². The summed E-state index contributed by atoms with van der Waals surface area (Å²) in [6, 6.07) is 2.16. The van der Waals surface area contributed by atoms with Crippen LogP contribution >= 0.6 is 0 Å². The Balaban J connectivity index is 1.55. The summed E-state index contributed by atoms with van der Waals surface area (Å²) in [5.74, 6) is -1.37. The molecule has 1 aromatic heterocycles. The number of rotatable bonds is 6. The van der Waals surface area contributed by atoms with Crippen LogP contribution in [0.1, 0.15) is 12.8 Å². The van der Waals surface area contributed by atoms with E-state index in [4.69, 9.17) is 9.47 Å². The second-order valence-corrected chi connectivity index (χ2v) is 5.14. The Hall–Kier alpha value is -1.86. The molecule has 0 spiro atoms. The highest BCUT2D eigenvalue weighted by Crippen LogP contribution is 2.22. The van der Waals surface area contributed by atoms with Gasteiger partial charge in [0.25, 0.3) is 0 Å². The van der Waals surface area contributed by atoms with Crippen LogP contribution in [0, 0.1) is 11.6 Å². The van der Waals surface area contributed by atoms with Crippen LogP contribution in [-0.4, -0.2) is 42.4 Å². The molecule has 3 rings (SSSR count). The van der Waals surface area contributed by atoms with Crippen molar-refractivity contribution in [3.05, 3.63) is 30.1 Å². The average molecular weight is 309 g/mol. The number of halogens is 2. The first kappa shape index (κ1) is 15.1. The van der Waals surface area contributed by atoms with Gasteiger partial charge in [-0.15, -0.1) is 0 Å². The zero-order valence-electron chi connectivity index (χ0n) is 12.0. The van der Waals surface area contributed by atoms with Gasteiger partial charge in [0.2, 0.25) is 0 Å². The minimum atomic E-state index is -0.919. The maximum Gasteiger partial charge on any atom is 0.161 e. The molecule has 0 amide bonds. The zero-order valence-corrected chi connectivity index (χ0v) is 12.0. The highest BCUT2D eigenvalue weighted by Gasteiger charge is 2.15. The molecule has 1 aromatic carbocycles. The molecule has 1 N–H and O–H groups in total. The van der Waals surface area contributed by atoms with Gasteiger partial charge in [-0.2, -0.15) is 0 Å². The summed E-state index contributed by atoms with van der Waals surface area (Å²) in [5.41, 5.74) is 0.358. The normalized spacial score (nSPS) is 18.0. The lowest BCUT2D eigenvalue weighted by atomic mass is 10.2. The SMILES string of the molecule is Fc1cc2ncnc(NCCOC[C@H]3CCCO3)c2cc1F. The molecule has 1 aliphatic rings. The van der Waals surface area contributed by atoms with Crippen LogP contribution in [0.25, 0.3) is 10.9 Å². The minimum Gasteiger partial charge on any atom is -0.377 e. The summed E-state index contributed by atoms with van der Waals surface area (Å²) < 4.78 is 37.5. The Labute approximate surface area is 126 Å². The number of nitrogens with zero attached hydrogens (tertiary/aromatic N) is 2. The van der Waals surface area contributed by atoms with Gasteiger partial charge in [-0.25, -0.2) is 18.7 Å². The van der Waals surface area contributed by atoms with Crippen molar-refractivity contribution in [2.45, 2.75) is 18.9 Å². The van der Waals surface area contributed by atoms with Crippen LogP contribution in [0.3, 0.4) is 0 Å². The first-order chi connectivity index (χ1) is 10.7. The van der Waals surface area contributed by atoms with E-state index in [1.165, 1.54) is 6.33 Å². The Morgan fingerprint density at radius 2 is 2.14 bits per heavy atom. The van der Waals surface area contributed by atoms with Gasteiger partial charge in [-0.05, 0) is 18.9 Å². The third kappa shape index (κ3) is 3.48. The van der Waals surface area contributed by atoms with Crippen molar-refractivity contribution in [3.63, 3.8) is 0 Å². The molecule has 1 atom stereocenters. The molecule has 0 aliphatic carbocycles. The Morgan fingerprint density at radius 3 is 2.95 bits per heavy atom. The van der Waals surface area contributed by atoms with Gasteiger partial charge in [-0.1, -0.05) is 0 Å². The number of ether oxygens (including phenoxy) is 2. The van der Waals surface area contributed by atoms with E-state index in [1.807, 2.05) is 0 Å². The predicted molar refractivity (Wildman–Crippen MR) is 77.7 cm³/mol. The van der Waals surface area contributed by atoms with Crippen molar-refractivity contribution < 1.29 is 18.3 Å². The van der Waals surface area contributed by atoms with Crippen molar-refractivity contribution in [2.75, 3.05) is 31.7 Å². The Kier molecular flexibility index (Phi) is 4.74. The standard InChI is InChI=1S/C15H17F2N3O2/c16-12-6-11-14(7-13(12)17)19-9-20-15(11)18-3-5-21-8-10-2-1-4-22-10/h6-7,9-10H,1-5,8H2,(H,18,19,20)/t10-/m1/s1. The van der Waals surface area contributed by atoms with E-state index in [1.54, 1.807) is 0 Å². The molecule has 0 saturated carbocycles. The van der Waals surface area contributed by atoms with Gasteiger partial charge in [0.15, 0.2) is 11.6 Å². The molecule has 1 aliphatic heterocycles. The zero-order chi connectivity index (χ0) is 15.4. The Bertz CT molecular complexity index is 648. The monoisotopic (exact) mass is 309 g/mol. The van der Waals surface area contributed by atoms with E-state index >= 15 is 0 Å². The molecule has 1 saturated heterocycles. The number of hydrogen-bond acceptors (Lipinski definition) is 5. The average Bonchev–Trinajstić information content (AvgIpc) is 3.02. The molecule has 0 bridgehead atoms. The molecule has 7 heteroatoms. The summed E-state index contributed by atoms with van der Waals surface area (Å²) in [6.07, 6.45) is 3.63. The number of fused-ring (bicyclic) bond motifs is 1. The van der Waals surface area contributed by atoms with Gasteiger partial charge < -0.3 is 14.8 Å². The maximum atomic E-state index is 13.3. The highest BCUT2D eigenvalue weighted by molar-refractivity contribution is 5.88. The first-order valence-corrected chi connectivity index (χ1v) is 7.27. The first-order valence-electron chi connectivity index (χ1n) is 7.27. The largest absolute Gasteiger partial charge is 0.377 e. The number of hydrogen-bond donors (Lipinski definition) is 1. The van der Waals surface area contributed by atoms with Crippen LogP contribution in [0.2, 0.25) is 0 Å². The van der Waals surface area contributed by atoms with Crippen molar-refractivity contribution in [3.8, 4) is 0 Å². The number of anilines is 1. The molecule has 5 nitrogen and oxygen atoms in total. The molecular formula is C15H17F2N3O2. The lowest BCUT2D eigenvalue weighted by molar-refractivity contribution is 0.0206. The smallest absolute Gasteiger partial charge is 0.161 e. The third-order valence-corrected chi connectivity index (χ3v) is 3.54. The van der Waals surface area contributed by atoms with E-state index in [9.17, 15) is 8.78 Å². The van der Waals surface area contributed by atoms with Gasteiger partial charge in [-0.3, -0.25) is 0 Å². The molecule has 1 fully saturated rings. The lowest BCUT2D eigenvalue weighted by Crippen LogP contribution is -2.18. The van der Waals surface area contributed by atoms with Crippen LogP contribution in [-0.2, 0) is 9.47 Å². The van der Waals surface area contributed by atoms with Gasteiger partial charge in [0, 0.05) is 24.6 Å². The second-order valence-electron chi connectivity index (χ2n) is 5.14. The predicted octanol–water partition coefficient (Wildman–Crippen LogP) is 2.52. The molecule has 22 heavy (non-hydrogen) atoms. The van der Waals surface area contributed by atoms with Crippen LogP contribution in [0.4, 0.5) is 14.6 Å². The van der Waals surface area contributed by atoms with Crippen molar-refractivity contribution in [1.82, 2.24) is 9.97 Å². The summed E-state index contributed by atoms with van der Waals surface area (Å²) in [4.78, 5) is 8.00. The summed E-state index contributed by atoms with van der Waals surface area (Å²) in [7, 11) is 0. The molecular weight excluding hydrogens is 292 g/mol. The fourth-order valence-electron chi connectivity index (χ4n) is 2.42. The van der Waals surface area contributed by atoms with Gasteiger partial charge in [0.1, 0.15) is 12.1 Å². The molecule has 2 aromatic rings. The topological polar surface area (TPSA) is 56.3 Å². The molecule has 0 unspecified atom stereocenters. The fourth-order valence-corrected chi connectivity index (χ4v) is 2.42. The summed E-state index contributed by atoms with van der Waals surface area (Å²) >= 11 is 0. The number of nitrogens with one attached hydrogen (secondary N) is 1. The third-order valence-electron chi connectivity index (χ3n) is 3.54. The number of aromatic nitrogens is 2. The fraction of sp³-hybridized carbons (Fsp3) is 0.467. The van der Waals surface area contributed by atoms with E-state index in [2.05, 4.69) is 15.3 Å². The summed E-state index contributed by atoms with van der Waals surface area (Å²) in [5, 5.41) is 3.50. The van der Waals surface area contributed by atoms with Crippen LogP contribution < -0.4 is 5.32 Å². The van der Waals surface area contributed by atoms with E-state index in [-0.39, 0.29) is 6.10 Å². The van der Waals surface area contributed by atoms with Crippen LogP contribution in [0.5, 0.6) is 0 Å². The van der Waals surface area contributed by atoms with E-state index in [0.29, 0.717) is 36.5 Å². The minimum absolute atomic E-state index is 0.192. The molecule has 0 radical (unpaired) electrons. The van der Waals surface area contributed by atoms with Gasteiger partial charge >= 0.3 is 0 Å². The van der Waals surface area contributed by atoms with Crippen LogP contribution in [0.15, 0.2) is 18.5 Å². The number of benzene rings is 1. The lowest BCUT2D eigenvalue weighted by Gasteiger charge is -2.11. The van der Waals surface area contributed by atoms with Crippen molar-refractivity contribution in [2.24, 2.45) is 0 Å². The second kappa shape index (κ2) is 6.93. The molecule has 2 heterocycles. The van der Waals surface area contributed by atoms with Crippen molar-refractivity contribution >= 4 is 16.7 Å².